The Hall–Kier alpha value is -3.52. The number of nitrogens with zero attached hydrogens (tertiary/aromatic N) is 6. The number of hydrogen-bond donors (Lipinski definition) is 4. The third-order valence-electron chi connectivity index (χ3n) is 6.61. The summed E-state index contributed by atoms with van der Waals surface area (Å²) in [4.78, 5) is 30.0. The van der Waals surface area contributed by atoms with Gasteiger partial charge >= 0.3 is 12.1 Å². The van der Waals surface area contributed by atoms with Gasteiger partial charge in [-0.05, 0) is 25.0 Å². The number of aliphatic hydroxyl groups is 2. The molecule has 0 aromatic carbocycles. The van der Waals surface area contributed by atoms with Crippen molar-refractivity contribution in [1.82, 2.24) is 24.5 Å². The molecule has 186 valence electrons. The number of alkyl halides is 3. The second-order valence-corrected chi connectivity index (χ2v) is 8.75. The first-order valence-corrected chi connectivity index (χ1v) is 10.9. The lowest BCUT2D eigenvalue weighted by atomic mass is 10.1. The summed E-state index contributed by atoms with van der Waals surface area (Å²) in [5.41, 5.74) is -0.00761. The van der Waals surface area contributed by atoms with Gasteiger partial charge in [0.2, 0.25) is 0 Å². The van der Waals surface area contributed by atoms with Crippen LogP contribution in [0.1, 0.15) is 24.4 Å². The van der Waals surface area contributed by atoms with Gasteiger partial charge in [0.1, 0.15) is 23.8 Å². The first kappa shape index (κ1) is 23.2. The third kappa shape index (κ3) is 4.23. The van der Waals surface area contributed by atoms with Crippen LogP contribution >= 0.6 is 0 Å². The van der Waals surface area contributed by atoms with Crippen molar-refractivity contribution < 1.29 is 33.3 Å². The second-order valence-electron chi connectivity index (χ2n) is 8.75. The Morgan fingerprint density at radius 3 is 2.57 bits per heavy atom. The summed E-state index contributed by atoms with van der Waals surface area (Å²) in [5, 5.41) is 33.1. The molecular formula is C21H22F3N7O4. The molecule has 14 heteroatoms. The van der Waals surface area contributed by atoms with Crippen molar-refractivity contribution in [1.29, 1.82) is 0 Å². The van der Waals surface area contributed by atoms with Crippen molar-refractivity contribution in [2.24, 2.45) is 5.92 Å². The third-order valence-corrected chi connectivity index (χ3v) is 6.61. The minimum Gasteiger partial charge on any atom is -0.481 e. The smallest absolute Gasteiger partial charge is 0.417 e. The number of carboxylic acids is 1. The largest absolute Gasteiger partial charge is 0.481 e. The van der Waals surface area contributed by atoms with Crippen molar-refractivity contribution in [2.45, 2.75) is 43.3 Å². The van der Waals surface area contributed by atoms with E-state index in [9.17, 15) is 33.3 Å². The standard InChI is InChI=1S/C21H22F3N7O4/c22-21(23,24)10-1-2-14(25-6-10)30-4-3-11(7-30)29-18-15-19(27-8-26-18)31(9-28-15)13-5-12(20(34)35)16(32)17(13)33/h1-2,6,8-9,11-13,16-17,32-33H,3-5,7H2,(H,34,35)(H,26,27,29)/t11?,12-,13-,16-,17+/m1/s1. The van der Waals surface area contributed by atoms with Gasteiger partial charge in [-0.2, -0.15) is 13.2 Å². The number of fused-ring (bicyclic) bond motifs is 1. The number of halogens is 3. The highest BCUT2D eigenvalue weighted by molar-refractivity contribution is 5.83. The maximum atomic E-state index is 12.8. The van der Waals surface area contributed by atoms with Crippen LogP contribution in [0.5, 0.6) is 0 Å². The lowest BCUT2D eigenvalue weighted by molar-refractivity contribution is -0.146. The maximum absolute atomic E-state index is 12.8. The number of aromatic nitrogens is 5. The number of rotatable bonds is 5. The van der Waals surface area contributed by atoms with E-state index in [0.29, 0.717) is 42.3 Å². The van der Waals surface area contributed by atoms with Gasteiger partial charge in [0.15, 0.2) is 11.5 Å². The van der Waals surface area contributed by atoms with Gasteiger partial charge in [-0.1, -0.05) is 0 Å². The molecule has 2 fully saturated rings. The summed E-state index contributed by atoms with van der Waals surface area (Å²) >= 11 is 0. The predicted octanol–water partition coefficient (Wildman–Crippen LogP) is 1.30. The quantitative estimate of drug-likeness (QED) is 0.410. The minimum absolute atomic E-state index is 0.0214. The van der Waals surface area contributed by atoms with Crippen molar-refractivity contribution in [3.05, 3.63) is 36.5 Å². The Balaban J connectivity index is 1.31. The average molecular weight is 493 g/mol. The molecule has 0 spiro atoms. The summed E-state index contributed by atoms with van der Waals surface area (Å²) in [6.45, 7) is 1.07. The molecule has 2 aliphatic rings. The molecule has 1 saturated carbocycles. The number of aliphatic hydroxyl groups excluding tert-OH is 2. The average Bonchev–Trinajstić information content (AvgIpc) is 3.52. The molecule has 3 aromatic heterocycles. The molecule has 3 aromatic rings. The Bertz CT molecular complexity index is 1240. The van der Waals surface area contributed by atoms with Crippen LogP contribution in [0.4, 0.5) is 24.8 Å². The van der Waals surface area contributed by atoms with Crippen LogP contribution in [0.15, 0.2) is 31.0 Å². The number of anilines is 2. The highest BCUT2D eigenvalue weighted by atomic mass is 19.4. The van der Waals surface area contributed by atoms with Crippen LogP contribution in [-0.2, 0) is 11.0 Å². The Morgan fingerprint density at radius 1 is 1.11 bits per heavy atom. The molecular weight excluding hydrogens is 471 g/mol. The number of carbonyl (C=O) groups is 1. The molecule has 1 aliphatic heterocycles. The summed E-state index contributed by atoms with van der Waals surface area (Å²) < 4.78 is 39.9. The van der Waals surface area contributed by atoms with Crippen molar-refractivity contribution in [3.63, 3.8) is 0 Å². The number of imidazole rings is 1. The highest BCUT2D eigenvalue weighted by Crippen LogP contribution is 2.37. The fourth-order valence-electron chi connectivity index (χ4n) is 4.75. The van der Waals surface area contributed by atoms with E-state index in [0.717, 1.165) is 12.3 Å². The molecule has 35 heavy (non-hydrogen) atoms. The minimum atomic E-state index is -4.44. The van der Waals surface area contributed by atoms with E-state index >= 15 is 0 Å². The molecule has 5 rings (SSSR count). The van der Waals surface area contributed by atoms with Crippen molar-refractivity contribution in [2.75, 3.05) is 23.3 Å². The van der Waals surface area contributed by atoms with Gasteiger partial charge < -0.3 is 30.1 Å². The molecule has 4 N–H and O–H groups in total. The Morgan fingerprint density at radius 2 is 1.91 bits per heavy atom. The monoisotopic (exact) mass is 493 g/mol. The molecule has 1 saturated heterocycles. The van der Waals surface area contributed by atoms with Crippen LogP contribution in [0.2, 0.25) is 0 Å². The number of hydrogen-bond acceptors (Lipinski definition) is 9. The molecule has 5 atom stereocenters. The number of nitrogens with one attached hydrogen (secondary N) is 1. The topological polar surface area (TPSA) is 150 Å². The van der Waals surface area contributed by atoms with Gasteiger partial charge in [0.25, 0.3) is 0 Å². The highest BCUT2D eigenvalue weighted by Gasteiger charge is 2.46. The summed E-state index contributed by atoms with van der Waals surface area (Å²) in [5.74, 6) is -1.41. The normalized spacial score (nSPS) is 27.0. The second kappa shape index (κ2) is 8.61. The van der Waals surface area contributed by atoms with Crippen LogP contribution in [0.25, 0.3) is 11.2 Å². The number of pyridine rings is 1. The molecule has 0 bridgehead atoms. The molecule has 0 radical (unpaired) electrons. The SMILES string of the molecule is O=C(O)[C@@H]1C[C@@H](n2cnc3c(NC4CCN(c5ccc(C(F)(F)F)cn5)C4)ncnc32)[C@H](O)[C@@H]1O. The lowest BCUT2D eigenvalue weighted by Crippen LogP contribution is -2.32. The number of aliphatic carboxylic acids is 1. The van der Waals surface area contributed by atoms with E-state index in [1.54, 1.807) is 4.57 Å². The van der Waals surface area contributed by atoms with Crippen molar-refractivity contribution >= 4 is 28.8 Å². The molecule has 1 unspecified atom stereocenters. The van der Waals surface area contributed by atoms with Crippen LogP contribution in [0.3, 0.4) is 0 Å². The van der Waals surface area contributed by atoms with E-state index in [2.05, 4.69) is 25.3 Å². The van der Waals surface area contributed by atoms with E-state index in [4.69, 9.17) is 0 Å². The molecule has 1 aliphatic carbocycles. The van der Waals surface area contributed by atoms with E-state index < -0.39 is 41.9 Å². The first-order chi connectivity index (χ1) is 16.6. The van der Waals surface area contributed by atoms with Gasteiger partial charge in [-0.15, -0.1) is 0 Å². The van der Waals surface area contributed by atoms with Gasteiger partial charge in [0.05, 0.1) is 30.0 Å². The fourth-order valence-corrected chi connectivity index (χ4v) is 4.75. The summed E-state index contributed by atoms with van der Waals surface area (Å²) in [7, 11) is 0. The number of carboxylic acid groups (broad SMARTS) is 1. The zero-order valence-corrected chi connectivity index (χ0v) is 18.2. The van der Waals surface area contributed by atoms with Crippen LogP contribution < -0.4 is 10.2 Å². The van der Waals surface area contributed by atoms with Crippen LogP contribution in [0, 0.1) is 5.92 Å². The first-order valence-electron chi connectivity index (χ1n) is 10.9. The van der Waals surface area contributed by atoms with Crippen LogP contribution in [-0.4, -0.2) is 77.1 Å². The molecule has 4 heterocycles. The predicted molar refractivity (Wildman–Crippen MR) is 116 cm³/mol. The summed E-state index contributed by atoms with van der Waals surface area (Å²) in [6.07, 6.45) is -2.86. The fraction of sp³-hybridized carbons (Fsp3) is 0.476. The van der Waals surface area contributed by atoms with Crippen molar-refractivity contribution in [3.8, 4) is 0 Å². The van der Waals surface area contributed by atoms with E-state index in [-0.39, 0.29) is 12.5 Å². The molecule has 0 amide bonds. The zero-order valence-electron chi connectivity index (χ0n) is 18.2. The Labute approximate surface area is 196 Å². The van der Waals surface area contributed by atoms with Gasteiger partial charge in [-0.25, -0.2) is 19.9 Å². The lowest BCUT2D eigenvalue weighted by Gasteiger charge is -2.19. The van der Waals surface area contributed by atoms with E-state index in [1.807, 2.05) is 4.90 Å². The zero-order chi connectivity index (χ0) is 24.9. The maximum Gasteiger partial charge on any atom is 0.417 e. The van der Waals surface area contributed by atoms with Gasteiger partial charge in [-0.3, -0.25) is 4.79 Å². The van der Waals surface area contributed by atoms with Gasteiger partial charge in [0, 0.05) is 25.3 Å². The van der Waals surface area contributed by atoms with E-state index in [1.165, 1.54) is 18.7 Å². The Kier molecular flexibility index (Phi) is 5.71. The molecule has 11 nitrogen and oxygen atoms in total. The summed E-state index contributed by atoms with van der Waals surface area (Å²) in [6, 6.07) is 1.55.